The molecule has 2 aromatic rings. The lowest BCUT2D eigenvalue weighted by atomic mass is 10.1. The summed E-state index contributed by atoms with van der Waals surface area (Å²) in [6.07, 6.45) is 2.36. The van der Waals surface area contributed by atoms with Crippen molar-refractivity contribution < 1.29 is 13.2 Å². The summed E-state index contributed by atoms with van der Waals surface area (Å²) < 4.78 is 22.4. The van der Waals surface area contributed by atoms with Crippen LogP contribution >= 0.6 is 0 Å². The number of amides is 2. The lowest BCUT2D eigenvalue weighted by molar-refractivity contribution is 0.238. The molecule has 1 unspecified atom stereocenters. The lowest BCUT2D eigenvalue weighted by Gasteiger charge is -2.15. The Balaban J connectivity index is 1.83. The van der Waals surface area contributed by atoms with E-state index in [1.807, 2.05) is 25.1 Å². The summed E-state index contributed by atoms with van der Waals surface area (Å²) in [6, 6.07) is 11.2. The van der Waals surface area contributed by atoms with Crippen LogP contribution in [-0.2, 0) is 16.4 Å². The number of nitrogens with one attached hydrogen (secondary N) is 2. The van der Waals surface area contributed by atoms with E-state index in [1.165, 1.54) is 12.1 Å². The predicted molar refractivity (Wildman–Crippen MR) is 90.7 cm³/mol. The number of primary sulfonamides is 1. The van der Waals surface area contributed by atoms with Crippen LogP contribution in [0.5, 0.6) is 0 Å². The van der Waals surface area contributed by atoms with E-state index in [1.54, 1.807) is 18.3 Å². The fraction of sp³-hybridized carbons (Fsp3) is 0.250. The molecule has 2 amide bonds. The van der Waals surface area contributed by atoms with Gasteiger partial charge in [-0.05, 0) is 36.8 Å². The van der Waals surface area contributed by atoms with Crippen LogP contribution in [0.1, 0.15) is 24.2 Å². The van der Waals surface area contributed by atoms with Gasteiger partial charge in [0.2, 0.25) is 10.0 Å². The highest BCUT2D eigenvalue weighted by Gasteiger charge is 2.11. The van der Waals surface area contributed by atoms with Crippen molar-refractivity contribution in [3.63, 3.8) is 0 Å². The Labute approximate surface area is 141 Å². The molecular formula is C16H20N4O3S. The number of urea groups is 1. The van der Waals surface area contributed by atoms with Crippen LogP contribution in [0, 0.1) is 0 Å². The molecule has 1 aromatic heterocycles. The first kappa shape index (κ1) is 17.9. The van der Waals surface area contributed by atoms with Gasteiger partial charge in [0.05, 0.1) is 10.9 Å². The number of pyridine rings is 1. The molecule has 2 rings (SSSR count). The molecule has 24 heavy (non-hydrogen) atoms. The van der Waals surface area contributed by atoms with Crippen molar-refractivity contribution in [1.82, 2.24) is 15.6 Å². The Kier molecular flexibility index (Phi) is 5.88. The maximum Gasteiger partial charge on any atom is 0.315 e. The smallest absolute Gasteiger partial charge is 0.315 e. The van der Waals surface area contributed by atoms with Crippen LogP contribution in [0.3, 0.4) is 0 Å². The molecule has 1 atom stereocenters. The number of hydrogen-bond donors (Lipinski definition) is 3. The van der Waals surface area contributed by atoms with Gasteiger partial charge in [-0.15, -0.1) is 0 Å². The van der Waals surface area contributed by atoms with E-state index in [2.05, 4.69) is 15.6 Å². The molecule has 0 aliphatic heterocycles. The van der Waals surface area contributed by atoms with E-state index < -0.39 is 10.0 Å². The molecule has 8 heteroatoms. The topological polar surface area (TPSA) is 114 Å². The van der Waals surface area contributed by atoms with Crippen molar-refractivity contribution in [3.05, 3.63) is 59.9 Å². The molecule has 0 saturated carbocycles. The zero-order valence-corrected chi connectivity index (χ0v) is 14.1. The van der Waals surface area contributed by atoms with Gasteiger partial charge in [0, 0.05) is 24.9 Å². The maximum absolute atomic E-state index is 11.9. The molecule has 0 aliphatic carbocycles. The summed E-state index contributed by atoms with van der Waals surface area (Å²) in [6.45, 7) is 2.28. The first-order chi connectivity index (χ1) is 11.4. The van der Waals surface area contributed by atoms with Crippen molar-refractivity contribution in [2.75, 3.05) is 6.54 Å². The van der Waals surface area contributed by atoms with E-state index in [9.17, 15) is 13.2 Å². The molecule has 7 nitrogen and oxygen atoms in total. The first-order valence-electron chi connectivity index (χ1n) is 7.43. The van der Waals surface area contributed by atoms with Crippen LogP contribution in [0.15, 0.2) is 53.6 Å². The second-order valence-corrected chi connectivity index (χ2v) is 6.87. The van der Waals surface area contributed by atoms with Crippen molar-refractivity contribution in [1.29, 1.82) is 0 Å². The highest BCUT2D eigenvalue weighted by Crippen LogP contribution is 2.15. The minimum Gasteiger partial charge on any atom is -0.338 e. The lowest BCUT2D eigenvalue weighted by Crippen LogP contribution is -2.38. The Bertz CT molecular complexity index is 777. The Morgan fingerprint density at radius 2 is 1.92 bits per heavy atom. The number of benzene rings is 1. The van der Waals surface area contributed by atoms with Crippen molar-refractivity contribution >= 4 is 16.1 Å². The summed E-state index contributed by atoms with van der Waals surface area (Å²) >= 11 is 0. The second-order valence-electron chi connectivity index (χ2n) is 5.31. The first-order valence-corrected chi connectivity index (χ1v) is 8.98. The molecule has 0 aliphatic rings. The summed E-state index contributed by atoms with van der Waals surface area (Å²) in [5.74, 6) is 0. The van der Waals surface area contributed by atoms with Gasteiger partial charge in [-0.2, -0.15) is 0 Å². The van der Waals surface area contributed by atoms with Crippen LogP contribution in [0.4, 0.5) is 4.79 Å². The number of nitrogens with two attached hydrogens (primary N) is 1. The fourth-order valence-corrected chi connectivity index (χ4v) is 2.64. The molecule has 4 N–H and O–H groups in total. The third-order valence-electron chi connectivity index (χ3n) is 3.45. The Morgan fingerprint density at radius 1 is 1.21 bits per heavy atom. The molecule has 0 bridgehead atoms. The minimum atomic E-state index is -3.71. The molecule has 128 valence electrons. The van der Waals surface area contributed by atoms with Crippen molar-refractivity contribution in [2.24, 2.45) is 5.14 Å². The summed E-state index contributed by atoms with van der Waals surface area (Å²) in [5, 5.41) is 10.6. The van der Waals surface area contributed by atoms with Crippen LogP contribution in [0.25, 0.3) is 0 Å². The maximum atomic E-state index is 11.9. The number of nitrogens with zero attached hydrogens (tertiary/aromatic N) is 1. The van der Waals surface area contributed by atoms with Crippen molar-refractivity contribution in [2.45, 2.75) is 24.3 Å². The van der Waals surface area contributed by atoms with E-state index in [0.717, 1.165) is 11.3 Å². The molecular weight excluding hydrogens is 328 g/mol. The van der Waals surface area contributed by atoms with E-state index in [0.29, 0.717) is 13.0 Å². The molecule has 0 radical (unpaired) electrons. The minimum absolute atomic E-state index is 0.0401. The van der Waals surface area contributed by atoms with Gasteiger partial charge in [0.1, 0.15) is 0 Å². The number of carbonyl (C=O) groups excluding carboxylic acids is 1. The largest absolute Gasteiger partial charge is 0.338 e. The highest BCUT2D eigenvalue weighted by molar-refractivity contribution is 7.89. The van der Waals surface area contributed by atoms with E-state index in [-0.39, 0.29) is 17.0 Å². The summed E-state index contributed by atoms with van der Waals surface area (Å²) in [7, 11) is -3.71. The third kappa shape index (κ3) is 5.32. The average molecular weight is 348 g/mol. The van der Waals surface area contributed by atoms with Crippen LogP contribution in [-0.4, -0.2) is 26.0 Å². The summed E-state index contributed by atoms with van der Waals surface area (Å²) in [4.78, 5) is 16.1. The van der Waals surface area contributed by atoms with Gasteiger partial charge in [-0.1, -0.05) is 18.2 Å². The number of hydrogen-bond acceptors (Lipinski definition) is 4. The third-order valence-corrected chi connectivity index (χ3v) is 4.38. The summed E-state index contributed by atoms with van der Waals surface area (Å²) in [5.41, 5.74) is 1.69. The molecule has 1 heterocycles. The van der Waals surface area contributed by atoms with Gasteiger partial charge in [0.25, 0.3) is 0 Å². The quantitative estimate of drug-likeness (QED) is 0.730. The fourth-order valence-electron chi connectivity index (χ4n) is 2.13. The zero-order valence-electron chi connectivity index (χ0n) is 13.3. The average Bonchev–Trinajstić information content (AvgIpc) is 2.55. The van der Waals surface area contributed by atoms with Gasteiger partial charge in [-0.3, -0.25) is 4.98 Å². The van der Waals surface area contributed by atoms with Gasteiger partial charge in [0.15, 0.2) is 0 Å². The monoisotopic (exact) mass is 348 g/mol. The number of sulfonamides is 1. The van der Waals surface area contributed by atoms with Gasteiger partial charge in [-0.25, -0.2) is 18.4 Å². The SMILES string of the molecule is CC(NC(=O)NCCc1ccccn1)c1ccc(S(N)(=O)=O)cc1. The van der Waals surface area contributed by atoms with Crippen molar-refractivity contribution in [3.8, 4) is 0 Å². The zero-order chi connectivity index (χ0) is 17.6. The molecule has 0 spiro atoms. The predicted octanol–water partition coefficient (Wildman–Crippen LogP) is 1.33. The van der Waals surface area contributed by atoms with E-state index in [4.69, 9.17) is 5.14 Å². The Hall–Kier alpha value is -2.45. The Morgan fingerprint density at radius 3 is 2.50 bits per heavy atom. The number of rotatable bonds is 6. The normalized spacial score (nSPS) is 12.4. The molecule has 0 saturated heterocycles. The second kappa shape index (κ2) is 7.89. The molecule has 1 aromatic carbocycles. The highest BCUT2D eigenvalue weighted by atomic mass is 32.2. The van der Waals surface area contributed by atoms with Gasteiger partial charge < -0.3 is 10.6 Å². The van der Waals surface area contributed by atoms with E-state index >= 15 is 0 Å². The van der Waals surface area contributed by atoms with Crippen LogP contribution in [0.2, 0.25) is 0 Å². The van der Waals surface area contributed by atoms with Gasteiger partial charge >= 0.3 is 6.03 Å². The standard InChI is InChI=1S/C16H20N4O3S/c1-12(13-5-7-15(8-6-13)24(17,22)23)20-16(21)19-11-9-14-4-2-3-10-18-14/h2-8,10,12H,9,11H2,1H3,(H2,17,22,23)(H2,19,20,21). The molecule has 0 fully saturated rings. The number of aromatic nitrogens is 1. The van der Waals surface area contributed by atoms with Crippen LogP contribution < -0.4 is 15.8 Å². The number of carbonyl (C=O) groups is 1.